The number of carbonyl (C=O) groups excluding carboxylic acids is 4. The number of phenolic OH excluding ortho intramolecular Hbond substituents is 1. The lowest BCUT2D eigenvalue weighted by molar-refractivity contribution is -0.144. The standard InChI is InChI=1S/C32H43N3O7/c1-7-20-35(28(24-14-10-22(8-2)11-15-24)29(38)33-19-18-27(37)41-9-3)30(39)26(34-31(40)42-32(4,5)6)21-23-12-16-25(36)17-13-23/h7,10-17,26,28,36H,1,8-9,18-21H2,2-6H3,(H,33,38)(H,34,40). The molecule has 2 aromatic carbocycles. The summed E-state index contributed by atoms with van der Waals surface area (Å²) in [7, 11) is 0. The first-order valence-corrected chi connectivity index (χ1v) is 14.1. The topological polar surface area (TPSA) is 134 Å². The number of hydrogen-bond donors (Lipinski definition) is 3. The lowest BCUT2D eigenvalue weighted by atomic mass is 9.99. The van der Waals surface area contributed by atoms with Crippen molar-refractivity contribution < 1.29 is 33.8 Å². The summed E-state index contributed by atoms with van der Waals surface area (Å²) in [6.07, 6.45) is 1.54. The molecule has 0 aliphatic heterocycles. The molecule has 228 valence electrons. The fourth-order valence-electron chi connectivity index (χ4n) is 4.21. The van der Waals surface area contributed by atoms with Crippen LogP contribution in [0.3, 0.4) is 0 Å². The zero-order valence-electron chi connectivity index (χ0n) is 25.1. The monoisotopic (exact) mass is 581 g/mol. The van der Waals surface area contributed by atoms with Crippen molar-refractivity contribution in [1.82, 2.24) is 15.5 Å². The van der Waals surface area contributed by atoms with Crippen molar-refractivity contribution in [1.29, 1.82) is 0 Å². The van der Waals surface area contributed by atoms with Gasteiger partial charge in [0, 0.05) is 19.5 Å². The van der Waals surface area contributed by atoms with E-state index < -0.39 is 41.6 Å². The third-order valence-corrected chi connectivity index (χ3v) is 6.17. The van der Waals surface area contributed by atoms with Gasteiger partial charge in [0.15, 0.2) is 0 Å². The molecule has 0 bridgehead atoms. The Morgan fingerprint density at radius 2 is 1.62 bits per heavy atom. The molecule has 42 heavy (non-hydrogen) atoms. The van der Waals surface area contributed by atoms with E-state index in [1.165, 1.54) is 23.1 Å². The van der Waals surface area contributed by atoms with E-state index in [2.05, 4.69) is 17.2 Å². The smallest absolute Gasteiger partial charge is 0.408 e. The molecule has 2 rings (SSSR count). The zero-order chi connectivity index (χ0) is 31.3. The fourth-order valence-corrected chi connectivity index (χ4v) is 4.21. The van der Waals surface area contributed by atoms with Gasteiger partial charge in [-0.3, -0.25) is 14.4 Å². The number of rotatable bonds is 14. The molecule has 2 atom stereocenters. The third-order valence-electron chi connectivity index (χ3n) is 6.17. The van der Waals surface area contributed by atoms with Crippen LogP contribution in [0.1, 0.15) is 63.8 Å². The second-order valence-corrected chi connectivity index (χ2v) is 10.7. The number of ether oxygens (including phenoxy) is 2. The molecule has 2 aromatic rings. The number of benzene rings is 2. The summed E-state index contributed by atoms with van der Waals surface area (Å²) < 4.78 is 10.4. The number of aryl methyl sites for hydroxylation is 1. The first-order chi connectivity index (χ1) is 19.9. The number of carbonyl (C=O) groups is 4. The number of alkyl carbamates (subject to hydrolysis) is 1. The van der Waals surface area contributed by atoms with Crippen molar-refractivity contribution in [2.75, 3.05) is 19.7 Å². The molecule has 0 heterocycles. The van der Waals surface area contributed by atoms with E-state index in [0.717, 1.165) is 12.0 Å². The van der Waals surface area contributed by atoms with Gasteiger partial charge in [0.1, 0.15) is 23.4 Å². The van der Waals surface area contributed by atoms with E-state index in [0.29, 0.717) is 11.1 Å². The van der Waals surface area contributed by atoms with E-state index in [9.17, 15) is 24.3 Å². The van der Waals surface area contributed by atoms with Gasteiger partial charge < -0.3 is 30.1 Å². The largest absolute Gasteiger partial charge is 0.508 e. The van der Waals surface area contributed by atoms with Crippen molar-refractivity contribution in [3.05, 3.63) is 77.9 Å². The van der Waals surface area contributed by atoms with Crippen molar-refractivity contribution in [3.63, 3.8) is 0 Å². The summed E-state index contributed by atoms with van der Waals surface area (Å²) in [6.45, 7) is 12.9. The Hall–Kier alpha value is -4.34. The molecule has 3 amide bonds. The highest BCUT2D eigenvalue weighted by Gasteiger charge is 2.36. The molecule has 0 aromatic heterocycles. The molecule has 0 spiro atoms. The molecule has 0 saturated carbocycles. The van der Waals surface area contributed by atoms with Crippen LogP contribution in [0.4, 0.5) is 4.79 Å². The summed E-state index contributed by atoms with van der Waals surface area (Å²) in [5, 5.41) is 15.1. The van der Waals surface area contributed by atoms with Gasteiger partial charge in [0.05, 0.1) is 13.0 Å². The summed E-state index contributed by atoms with van der Waals surface area (Å²) in [6, 6.07) is 11.4. The lowest BCUT2D eigenvalue weighted by Gasteiger charge is -2.34. The minimum atomic E-state index is -1.12. The van der Waals surface area contributed by atoms with Crippen molar-refractivity contribution in [2.24, 2.45) is 0 Å². The van der Waals surface area contributed by atoms with Gasteiger partial charge in [-0.25, -0.2) is 4.79 Å². The number of esters is 1. The first kappa shape index (κ1) is 33.9. The Bertz CT molecular complexity index is 1200. The van der Waals surface area contributed by atoms with E-state index in [1.807, 2.05) is 19.1 Å². The summed E-state index contributed by atoms with van der Waals surface area (Å²) >= 11 is 0. The van der Waals surface area contributed by atoms with Crippen molar-refractivity contribution in [3.8, 4) is 5.75 Å². The van der Waals surface area contributed by atoms with Crippen LogP contribution >= 0.6 is 0 Å². The SMILES string of the molecule is C=CCN(C(=O)C(Cc1ccc(O)cc1)NC(=O)OC(C)(C)C)C(C(=O)NCCC(=O)OCC)c1ccc(CC)cc1. The Morgan fingerprint density at radius 1 is 1.00 bits per heavy atom. The molecular formula is C32H43N3O7. The molecule has 10 nitrogen and oxygen atoms in total. The molecule has 0 radical (unpaired) electrons. The highest BCUT2D eigenvalue weighted by atomic mass is 16.6. The number of hydrogen-bond acceptors (Lipinski definition) is 7. The van der Waals surface area contributed by atoms with Gasteiger partial charge in [-0.1, -0.05) is 49.4 Å². The van der Waals surface area contributed by atoms with Gasteiger partial charge >= 0.3 is 12.1 Å². The van der Waals surface area contributed by atoms with E-state index in [-0.39, 0.29) is 38.3 Å². The van der Waals surface area contributed by atoms with Crippen LogP contribution in [0, 0.1) is 0 Å². The number of phenols is 1. The Morgan fingerprint density at radius 3 is 2.17 bits per heavy atom. The Kier molecular flexibility index (Phi) is 13.1. The molecule has 0 aliphatic carbocycles. The lowest BCUT2D eigenvalue weighted by Crippen LogP contribution is -2.54. The minimum Gasteiger partial charge on any atom is -0.508 e. The second kappa shape index (κ2) is 16.2. The number of aromatic hydroxyl groups is 1. The maximum atomic E-state index is 14.2. The Labute approximate surface area is 248 Å². The molecule has 2 unspecified atom stereocenters. The number of nitrogens with one attached hydrogen (secondary N) is 2. The van der Waals surface area contributed by atoms with Crippen LogP contribution in [0.5, 0.6) is 5.75 Å². The number of nitrogens with zero attached hydrogens (tertiary/aromatic N) is 1. The van der Waals surface area contributed by atoms with Crippen LogP contribution in [0.15, 0.2) is 61.2 Å². The van der Waals surface area contributed by atoms with Crippen molar-refractivity contribution in [2.45, 2.75) is 71.6 Å². The van der Waals surface area contributed by atoms with Crippen LogP contribution in [-0.2, 0) is 36.7 Å². The maximum Gasteiger partial charge on any atom is 0.408 e. The molecule has 10 heteroatoms. The average molecular weight is 582 g/mol. The van der Waals surface area contributed by atoms with Crippen LogP contribution < -0.4 is 10.6 Å². The molecular weight excluding hydrogens is 538 g/mol. The zero-order valence-corrected chi connectivity index (χ0v) is 25.1. The van der Waals surface area contributed by atoms with Gasteiger partial charge in [-0.05, 0) is 62.9 Å². The predicted molar refractivity (Wildman–Crippen MR) is 160 cm³/mol. The molecule has 0 fully saturated rings. The summed E-state index contributed by atoms with van der Waals surface area (Å²) in [4.78, 5) is 53.9. The van der Waals surface area contributed by atoms with Crippen molar-refractivity contribution >= 4 is 23.9 Å². The highest BCUT2D eigenvalue weighted by Crippen LogP contribution is 2.24. The third kappa shape index (κ3) is 10.9. The number of amides is 3. The molecule has 0 saturated heterocycles. The normalized spacial score (nSPS) is 12.4. The predicted octanol–water partition coefficient (Wildman–Crippen LogP) is 4.22. The summed E-state index contributed by atoms with van der Waals surface area (Å²) in [5.74, 6) is -1.43. The minimum absolute atomic E-state index is 0.00754. The van der Waals surface area contributed by atoms with Gasteiger partial charge in [0.2, 0.25) is 11.8 Å². The van der Waals surface area contributed by atoms with E-state index in [4.69, 9.17) is 9.47 Å². The van der Waals surface area contributed by atoms with E-state index >= 15 is 0 Å². The van der Waals surface area contributed by atoms with Gasteiger partial charge in [0.25, 0.3) is 0 Å². The van der Waals surface area contributed by atoms with Gasteiger partial charge in [-0.2, -0.15) is 0 Å². The van der Waals surface area contributed by atoms with Crippen LogP contribution in [0.25, 0.3) is 0 Å². The fraction of sp³-hybridized carbons (Fsp3) is 0.438. The summed E-state index contributed by atoms with van der Waals surface area (Å²) in [5.41, 5.74) is 1.47. The average Bonchev–Trinajstić information content (AvgIpc) is 2.92. The Balaban J connectivity index is 2.48. The quantitative estimate of drug-likeness (QED) is 0.225. The molecule has 3 N–H and O–H groups in total. The maximum absolute atomic E-state index is 14.2. The first-order valence-electron chi connectivity index (χ1n) is 14.1. The molecule has 0 aliphatic rings. The van der Waals surface area contributed by atoms with Gasteiger partial charge in [-0.15, -0.1) is 6.58 Å². The van der Waals surface area contributed by atoms with E-state index in [1.54, 1.807) is 52.0 Å². The second-order valence-electron chi connectivity index (χ2n) is 10.7. The van der Waals surface area contributed by atoms with Crippen LogP contribution in [0.2, 0.25) is 0 Å². The highest BCUT2D eigenvalue weighted by molar-refractivity contribution is 5.92. The van der Waals surface area contributed by atoms with Crippen LogP contribution in [-0.4, -0.2) is 65.2 Å².